The van der Waals surface area contributed by atoms with Crippen LogP contribution in [0, 0.1) is 0 Å². The molecule has 1 saturated carbocycles. The van der Waals surface area contributed by atoms with Gasteiger partial charge in [0.2, 0.25) is 5.82 Å². The van der Waals surface area contributed by atoms with Gasteiger partial charge in [0, 0.05) is 17.3 Å². The molecule has 1 aliphatic rings. The fourth-order valence-electron chi connectivity index (χ4n) is 3.79. The van der Waals surface area contributed by atoms with Crippen LogP contribution in [-0.2, 0) is 6.54 Å². The van der Waals surface area contributed by atoms with Gasteiger partial charge in [0.25, 0.3) is 11.8 Å². The van der Waals surface area contributed by atoms with Gasteiger partial charge in [-0.3, -0.25) is 9.59 Å². The lowest BCUT2D eigenvalue weighted by atomic mass is 9.93. The first-order valence-electron chi connectivity index (χ1n) is 11.6. The summed E-state index contributed by atoms with van der Waals surface area (Å²) >= 11 is 18.9. The van der Waals surface area contributed by atoms with Gasteiger partial charge in [0.1, 0.15) is 12.2 Å². The van der Waals surface area contributed by atoms with Crippen LogP contribution < -0.4 is 10.6 Å². The van der Waals surface area contributed by atoms with E-state index in [0.717, 1.165) is 24.1 Å². The van der Waals surface area contributed by atoms with Crippen LogP contribution in [0.25, 0.3) is 5.82 Å². The van der Waals surface area contributed by atoms with Crippen LogP contribution in [0.3, 0.4) is 0 Å². The third-order valence-corrected chi connectivity index (χ3v) is 6.69. The van der Waals surface area contributed by atoms with E-state index in [-0.39, 0.29) is 56.1 Å². The molecule has 2 N–H and O–H groups in total. The number of rotatable bonds is 8. The predicted molar refractivity (Wildman–Crippen MR) is 138 cm³/mol. The number of halogens is 5. The van der Waals surface area contributed by atoms with Gasteiger partial charge in [-0.2, -0.15) is 9.90 Å². The Kier molecular flexibility index (Phi) is 7.73. The lowest BCUT2D eigenvalue weighted by Crippen LogP contribution is -2.39. The van der Waals surface area contributed by atoms with Gasteiger partial charge in [-0.25, -0.2) is 18.4 Å². The maximum atomic E-state index is 13.6. The van der Waals surface area contributed by atoms with Crippen LogP contribution in [0.4, 0.5) is 14.5 Å². The molecule has 39 heavy (non-hydrogen) atoms. The third kappa shape index (κ3) is 5.84. The fraction of sp³-hybridized carbons (Fsp3) is 0.261. The van der Waals surface area contributed by atoms with Crippen molar-refractivity contribution in [1.82, 2.24) is 40.3 Å². The summed E-state index contributed by atoms with van der Waals surface area (Å²) < 4.78 is 26.9. The number of tetrazole rings is 1. The van der Waals surface area contributed by atoms with E-state index < -0.39 is 24.1 Å². The Morgan fingerprint density at radius 2 is 1.87 bits per heavy atom. The van der Waals surface area contributed by atoms with Crippen molar-refractivity contribution in [1.29, 1.82) is 0 Å². The van der Waals surface area contributed by atoms with E-state index in [1.54, 1.807) is 12.1 Å². The highest BCUT2D eigenvalue weighted by Crippen LogP contribution is 2.32. The monoisotopic (exact) mass is 595 g/mol. The summed E-state index contributed by atoms with van der Waals surface area (Å²) in [6, 6.07) is 7.37. The summed E-state index contributed by atoms with van der Waals surface area (Å²) in [7, 11) is 0. The van der Waals surface area contributed by atoms with E-state index in [1.165, 1.54) is 29.1 Å². The molecule has 11 nitrogen and oxygen atoms in total. The number of benzene rings is 1. The smallest absolute Gasteiger partial charge is 0.301 e. The van der Waals surface area contributed by atoms with E-state index in [4.69, 9.17) is 34.8 Å². The third-order valence-electron chi connectivity index (χ3n) is 5.88. The molecule has 0 bridgehead atoms. The molecule has 0 aliphatic heterocycles. The molecular weight excluding hydrogens is 579 g/mol. The Balaban J connectivity index is 1.50. The molecule has 0 atom stereocenters. The molecule has 0 spiro atoms. The lowest BCUT2D eigenvalue weighted by molar-refractivity contribution is 0.0918. The van der Waals surface area contributed by atoms with Crippen LogP contribution in [0.15, 0.2) is 36.5 Å². The van der Waals surface area contributed by atoms with Crippen molar-refractivity contribution in [2.45, 2.75) is 38.3 Å². The summed E-state index contributed by atoms with van der Waals surface area (Å²) in [4.78, 5) is 31.7. The zero-order chi connectivity index (χ0) is 27.7. The second-order valence-corrected chi connectivity index (χ2v) is 9.84. The van der Waals surface area contributed by atoms with E-state index >= 15 is 0 Å². The molecule has 1 aromatic carbocycles. The molecular formula is C23H18Cl3F2N9O2. The molecule has 16 heteroatoms. The van der Waals surface area contributed by atoms with Crippen molar-refractivity contribution in [2.24, 2.45) is 0 Å². The number of pyridine rings is 1. The molecule has 2 amide bonds. The maximum Gasteiger partial charge on any atom is 0.301 e. The predicted octanol–water partition coefficient (Wildman–Crippen LogP) is 4.73. The summed E-state index contributed by atoms with van der Waals surface area (Å²) in [6.07, 6.45) is 1.28. The zero-order valence-electron chi connectivity index (χ0n) is 19.8. The van der Waals surface area contributed by atoms with Crippen LogP contribution in [0.5, 0.6) is 0 Å². The van der Waals surface area contributed by atoms with Crippen molar-refractivity contribution >= 4 is 52.3 Å². The van der Waals surface area contributed by atoms with E-state index in [1.807, 2.05) is 0 Å². The normalized spacial score (nSPS) is 13.4. The Labute approximate surface area is 234 Å². The first kappa shape index (κ1) is 26.9. The highest BCUT2D eigenvalue weighted by molar-refractivity contribution is 6.38. The first-order chi connectivity index (χ1) is 18.7. The molecule has 1 aliphatic carbocycles. The number of nitrogens with zero attached hydrogens (tertiary/aromatic N) is 7. The van der Waals surface area contributed by atoms with Gasteiger partial charge in [0.15, 0.2) is 5.82 Å². The maximum absolute atomic E-state index is 13.6. The topological polar surface area (TPSA) is 133 Å². The second kappa shape index (κ2) is 11.2. The van der Waals surface area contributed by atoms with Crippen LogP contribution in [0.2, 0.25) is 15.1 Å². The molecule has 1 fully saturated rings. The van der Waals surface area contributed by atoms with Crippen molar-refractivity contribution in [3.05, 3.63) is 74.4 Å². The van der Waals surface area contributed by atoms with Crippen LogP contribution in [0.1, 0.15) is 58.1 Å². The average Bonchev–Trinajstić information content (AvgIpc) is 3.51. The van der Waals surface area contributed by atoms with Crippen molar-refractivity contribution < 1.29 is 18.4 Å². The number of amides is 2. The Hall–Kier alpha value is -3.68. The summed E-state index contributed by atoms with van der Waals surface area (Å²) in [6.45, 7) is -0.186. The first-order valence-corrected chi connectivity index (χ1v) is 12.7. The number of carbonyl (C=O) groups is 2. The minimum atomic E-state index is -2.90. The number of aromatic nitrogens is 7. The fourth-order valence-corrected chi connectivity index (χ4v) is 4.53. The highest BCUT2D eigenvalue weighted by Gasteiger charge is 2.26. The van der Waals surface area contributed by atoms with E-state index in [2.05, 4.69) is 36.1 Å². The molecule has 5 rings (SSSR count). The van der Waals surface area contributed by atoms with Crippen LogP contribution >= 0.6 is 34.8 Å². The second-order valence-electron chi connectivity index (χ2n) is 8.59. The lowest BCUT2D eigenvalue weighted by Gasteiger charge is -2.27. The number of hydrogen-bond donors (Lipinski definition) is 2. The molecule has 0 radical (unpaired) electrons. The number of carbonyl (C=O) groups excluding carboxylic acids is 2. The number of hydrogen-bond acceptors (Lipinski definition) is 7. The van der Waals surface area contributed by atoms with E-state index in [9.17, 15) is 18.4 Å². The SMILES string of the molecule is O=C(NC1CCC1)c1cc(Cl)cc(Cl)c1NC(=O)c1cc(Cn2nnc(C(F)F)n2)nn1-c1ncccc1Cl. The summed E-state index contributed by atoms with van der Waals surface area (Å²) in [5.74, 6) is -1.77. The van der Waals surface area contributed by atoms with Crippen molar-refractivity contribution in [3.8, 4) is 5.82 Å². The Morgan fingerprint density at radius 3 is 2.54 bits per heavy atom. The summed E-state index contributed by atoms with van der Waals surface area (Å²) in [5.41, 5.74) is 0.298. The molecule has 3 heterocycles. The van der Waals surface area contributed by atoms with Gasteiger partial charge in [-0.1, -0.05) is 34.8 Å². The van der Waals surface area contributed by atoms with Gasteiger partial charge in [0.05, 0.1) is 27.0 Å². The molecule has 3 aromatic heterocycles. The van der Waals surface area contributed by atoms with E-state index in [0.29, 0.717) is 0 Å². The molecule has 202 valence electrons. The number of anilines is 1. The van der Waals surface area contributed by atoms with Gasteiger partial charge in [-0.15, -0.1) is 10.2 Å². The minimum absolute atomic E-state index is 0.0325. The Morgan fingerprint density at radius 1 is 1.08 bits per heavy atom. The molecule has 0 unspecified atom stereocenters. The zero-order valence-corrected chi connectivity index (χ0v) is 22.1. The van der Waals surface area contributed by atoms with Crippen LogP contribution in [-0.4, -0.2) is 52.8 Å². The average molecular weight is 597 g/mol. The Bertz CT molecular complexity index is 1560. The van der Waals surface area contributed by atoms with Crippen molar-refractivity contribution in [3.63, 3.8) is 0 Å². The molecule has 0 saturated heterocycles. The molecule has 4 aromatic rings. The van der Waals surface area contributed by atoms with Gasteiger partial charge >= 0.3 is 6.43 Å². The number of nitrogens with one attached hydrogen (secondary N) is 2. The standard InChI is InChI=1S/C23H18Cl3F2N9O2/c24-11-7-14(22(38)30-12-3-1-4-12)18(16(26)8-11)31-23(39)17-9-13(10-36-34-20(19(27)28)32-35-36)33-37(17)21-15(25)5-2-6-29-21/h2,5-9,12,19H,1,3-4,10H2,(H,30,38)(H,31,39). The summed E-state index contributed by atoms with van der Waals surface area (Å²) in [5, 5.41) is 20.9. The largest absolute Gasteiger partial charge is 0.349 e. The highest BCUT2D eigenvalue weighted by atomic mass is 35.5. The minimum Gasteiger partial charge on any atom is -0.349 e. The van der Waals surface area contributed by atoms with Gasteiger partial charge < -0.3 is 10.6 Å². The quantitative estimate of drug-likeness (QED) is 0.300. The van der Waals surface area contributed by atoms with Gasteiger partial charge in [-0.05, 0) is 54.8 Å². The van der Waals surface area contributed by atoms with Crippen molar-refractivity contribution in [2.75, 3.05) is 5.32 Å². The number of alkyl halides is 2.